The molecule has 0 aliphatic carbocycles. The summed E-state index contributed by atoms with van der Waals surface area (Å²) in [5, 5.41) is 0.427. The third kappa shape index (κ3) is 3.11. The van der Waals surface area contributed by atoms with Crippen LogP contribution in [0.25, 0.3) is 0 Å². The number of rotatable bonds is 4. The standard InChI is InChI=1S/C15H12ClNO5S/c1-9(18)12-6-14-15(22-8-21-14)7-13(12)17-23(19,20)11-4-2-10(16)3-5-11/h2-7,17H,8H2,1H3. The molecule has 0 atom stereocenters. The third-order valence-electron chi connectivity index (χ3n) is 3.26. The predicted octanol–water partition coefficient (Wildman–Crippen LogP) is 3.07. The van der Waals surface area contributed by atoms with E-state index in [-0.39, 0.29) is 28.7 Å². The SMILES string of the molecule is CC(=O)c1cc2c(cc1NS(=O)(=O)c1ccc(Cl)cc1)OCO2. The van der Waals surface area contributed by atoms with Crippen molar-refractivity contribution in [1.29, 1.82) is 0 Å². The van der Waals surface area contributed by atoms with Gasteiger partial charge in [0.2, 0.25) is 6.79 Å². The minimum absolute atomic E-state index is 0.0278. The summed E-state index contributed by atoms with van der Waals surface area (Å²) >= 11 is 5.76. The molecule has 23 heavy (non-hydrogen) atoms. The quantitative estimate of drug-likeness (QED) is 0.854. The van der Waals surface area contributed by atoms with Crippen LogP contribution >= 0.6 is 11.6 Å². The van der Waals surface area contributed by atoms with Crippen molar-refractivity contribution < 1.29 is 22.7 Å². The smallest absolute Gasteiger partial charge is 0.261 e. The second-order valence-electron chi connectivity index (χ2n) is 4.87. The van der Waals surface area contributed by atoms with Crippen LogP contribution in [-0.4, -0.2) is 21.0 Å². The Balaban J connectivity index is 2.02. The van der Waals surface area contributed by atoms with Gasteiger partial charge in [0.05, 0.1) is 10.6 Å². The van der Waals surface area contributed by atoms with Crippen molar-refractivity contribution in [3.05, 3.63) is 47.0 Å². The van der Waals surface area contributed by atoms with Crippen LogP contribution in [0.4, 0.5) is 5.69 Å². The first-order valence-corrected chi connectivity index (χ1v) is 8.46. The molecule has 0 radical (unpaired) electrons. The maximum absolute atomic E-state index is 12.5. The van der Waals surface area contributed by atoms with Gasteiger partial charge in [-0.25, -0.2) is 8.42 Å². The van der Waals surface area contributed by atoms with Gasteiger partial charge in [0, 0.05) is 16.7 Å². The molecular weight excluding hydrogens is 342 g/mol. The van der Waals surface area contributed by atoms with E-state index in [1.807, 2.05) is 0 Å². The molecular formula is C15H12ClNO5S. The predicted molar refractivity (Wildman–Crippen MR) is 84.8 cm³/mol. The minimum Gasteiger partial charge on any atom is -0.454 e. The maximum atomic E-state index is 12.5. The van der Waals surface area contributed by atoms with E-state index in [1.54, 1.807) is 0 Å². The summed E-state index contributed by atoms with van der Waals surface area (Å²) in [5.41, 5.74) is 0.337. The van der Waals surface area contributed by atoms with Crippen molar-refractivity contribution >= 4 is 33.1 Å². The summed E-state index contributed by atoms with van der Waals surface area (Å²) in [4.78, 5) is 11.8. The molecule has 0 spiro atoms. The molecule has 0 saturated heterocycles. The summed E-state index contributed by atoms with van der Waals surface area (Å²) in [6, 6.07) is 8.61. The second-order valence-corrected chi connectivity index (χ2v) is 6.99. The fraction of sp³-hybridized carbons (Fsp3) is 0.133. The van der Waals surface area contributed by atoms with Gasteiger partial charge in [-0.1, -0.05) is 11.6 Å². The van der Waals surface area contributed by atoms with E-state index in [1.165, 1.54) is 43.3 Å². The van der Waals surface area contributed by atoms with Crippen LogP contribution < -0.4 is 14.2 Å². The Morgan fingerprint density at radius 3 is 2.35 bits per heavy atom. The average Bonchev–Trinajstić information content (AvgIpc) is 2.93. The fourth-order valence-electron chi connectivity index (χ4n) is 2.14. The number of nitrogens with one attached hydrogen (secondary N) is 1. The molecule has 0 unspecified atom stereocenters. The number of ether oxygens (including phenoxy) is 2. The number of anilines is 1. The van der Waals surface area contributed by atoms with Gasteiger partial charge < -0.3 is 9.47 Å². The fourth-order valence-corrected chi connectivity index (χ4v) is 3.33. The number of sulfonamides is 1. The largest absolute Gasteiger partial charge is 0.454 e. The van der Waals surface area contributed by atoms with E-state index in [2.05, 4.69) is 4.72 Å². The van der Waals surface area contributed by atoms with E-state index in [9.17, 15) is 13.2 Å². The number of Topliss-reactive ketones (excluding diaryl/α,β-unsaturated/α-hetero) is 1. The van der Waals surface area contributed by atoms with Gasteiger partial charge in [0.15, 0.2) is 17.3 Å². The molecule has 6 nitrogen and oxygen atoms in total. The zero-order chi connectivity index (χ0) is 16.6. The Morgan fingerprint density at radius 1 is 1.13 bits per heavy atom. The number of benzene rings is 2. The highest BCUT2D eigenvalue weighted by molar-refractivity contribution is 7.92. The zero-order valence-electron chi connectivity index (χ0n) is 12.0. The summed E-state index contributed by atoms with van der Waals surface area (Å²) in [5.74, 6) is 0.491. The van der Waals surface area contributed by atoms with Crippen LogP contribution in [0.5, 0.6) is 11.5 Å². The Labute approximate surface area is 138 Å². The number of carbonyl (C=O) groups is 1. The monoisotopic (exact) mass is 353 g/mol. The molecule has 120 valence electrons. The van der Waals surface area contributed by atoms with E-state index < -0.39 is 10.0 Å². The highest BCUT2D eigenvalue weighted by Gasteiger charge is 2.23. The Kier molecular flexibility index (Phi) is 3.91. The number of fused-ring (bicyclic) bond motifs is 1. The van der Waals surface area contributed by atoms with Gasteiger partial charge in [-0.05, 0) is 37.3 Å². The summed E-state index contributed by atoms with van der Waals surface area (Å²) < 4.78 is 37.7. The summed E-state index contributed by atoms with van der Waals surface area (Å²) in [6.45, 7) is 1.37. The van der Waals surface area contributed by atoms with Crippen LogP contribution in [0.1, 0.15) is 17.3 Å². The van der Waals surface area contributed by atoms with Crippen molar-refractivity contribution in [3.63, 3.8) is 0 Å². The van der Waals surface area contributed by atoms with Gasteiger partial charge in [-0.2, -0.15) is 0 Å². The number of hydrogen-bond acceptors (Lipinski definition) is 5. The van der Waals surface area contributed by atoms with Crippen molar-refractivity contribution in [3.8, 4) is 11.5 Å². The molecule has 2 aromatic rings. The van der Waals surface area contributed by atoms with Crippen LogP contribution in [-0.2, 0) is 10.0 Å². The summed E-state index contributed by atoms with van der Waals surface area (Å²) in [7, 11) is -3.86. The first-order valence-electron chi connectivity index (χ1n) is 6.60. The van der Waals surface area contributed by atoms with Crippen LogP contribution in [0.15, 0.2) is 41.3 Å². The lowest BCUT2D eigenvalue weighted by Crippen LogP contribution is -2.15. The molecule has 8 heteroatoms. The normalized spacial score (nSPS) is 13.0. The van der Waals surface area contributed by atoms with Crippen molar-refractivity contribution in [2.75, 3.05) is 11.5 Å². The molecule has 0 amide bonds. The topological polar surface area (TPSA) is 81.7 Å². The van der Waals surface area contributed by atoms with E-state index in [4.69, 9.17) is 21.1 Å². The third-order valence-corrected chi connectivity index (χ3v) is 4.89. The van der Waals surface area contributed by atoms with Gasteiger partial charge in [-0.3, -0.25) is 9.52 Å². The van der Waals surface area contributed by atoms with Gasteiger partial charge in [-0.15, -0.1) is 0 Å². The molecule has 1 aliphatic rings. The summed E-state index contributed by atoms with van der Waals surface area (Å²) in [6.07, 6.45) is 0. The maximum Gasteiger partial charge on any atom is 0.261 e. The number of hydrogen-bond donors (Lipinski definition) is 1. The van der Waals surface area contributed by atoms with Crippen LogP contribution in [0, 0.1) is 0 Å². The molecule has 1 aliphatic heterocycles. The number of carbonyl (C=O) groups excluding carboxylic acids is 1. The Bertz CT molecular complexity index is 877. The lowest BCUT2D eigenvalue weighted by molar-refractivity contribution is 0.101. The highest BCUT2D eigenvalue weighted by Crippen LogP contribution is 2.38. The molecule has 0 bridgehead atoms. The lowest BCUT2D eigenvalue weighted by Gasteiger charge is -2.12. The van der Waals surface area contributed by atoms with Gasteiger partial charge in [0.1, 0.15) is 0 Å². The van der Waals surface area contributed by atoms with Crippen LogP contribution in [0.2, 0.25) is 5.02 Å². The van der Waals surface area contributed by atoms with E-state index >= 15 is 0 Å². The molecule has 3 rings (SSSR count). The number of halogens is 1. The first kappa shape index (κ1) is 15.6. The van der Waals surface area contributed by atoms with Gasteiger partial charge in [0.25, 0.3) is 10.0 Å². The Hall–Kier alpha value is -2.25. The lowest BCUT2D eigenvalue weighted by atomic mass is 10.1. The van der Waals surface area contributed by atoms with E-state index in [0.717, 1.165) is 0 Å². The highest BCUT2D eigenvalue weighted by atomic mass is 35.5. The molecule has 2 aromatic carbocycles. The molecule has 0 saturated carbocycles. The molecule has 1 heterocycles. The molecule has 0 aromatic heterocycles. The average molecular weight is 354 g/mol. The second kappa shape index (κ2) is 5.75. The zero-order valence-corrected chi connectivity index (χ0v) is 13.6. The van der Waals surface area contributed by atoms with Crippen molar-refractivity contribution in [2.45, 2.75) is 11.8 Å². The first-order chi connectivity index (χ1) is 10.9. The minimum atomic E-state index is -3.86. The van der Waals surface area contributed by atoms with Gasteiger partial charge >= 0.3 is 0 Å². The van der Waals surface area contributed by atoms with Crippen molar-refractivity contribution in [2.24, 2.45) is 0 Å². The number of ketones is 1. The van der Waals surface area contributed by atoms with Crippen molar-refractivity contribution in [1.82, 2.24) is 0 Å². The molecule has 1 N–H and O–H groups in total. The Morgan fingerprint density at radius 2 is 1.74 bits per heavy atom. The molecule has 0 fully saturated rings. The van der Waals surface area contributed by atoms with Crippen LogP contribution in [0.3, 0.4) is 0 Å². The van der Waals surface area contributed by atoms with E-state index in [0.29, 0.717) is 16.5 Å².